The van der Waals surface area contributed by atoms with Gasteiger partial charge in [-0.1, -0.05) is 6.42 Å². The minimum Gasteiger partial charge on any atom is -0.334 e. The van der Waals surface area contributed by atoms with E-state index in [0.29, 0.717) is 30.9 Å². The van der Waals surface area contributed by atoms with Gasteiger partial charge in [-0.2, -0.15) is 8.78 Å². The van der Waals surface area contributed by atoms with Crippen molar-refractivity contribution in [1.82, 2.24) is 14.4 Å². The Kier molecular flexibility index (Phi) is 4.21. The molecule has 0 spiro atoms. The van der Waals surface area contributed by atoms with E-state index in [9.17, 15) is 13.6 Å². The molecule has 122 valence electrons. The van der Waals surface area contributed by atoms with Crippen LogP contribution in [0.2, 0.25) is 0 Å². The summed E-state index contributed by atoms with van der Waals surface area (Å²) in [7, 11) is 0. The van der Waals surface area contributed by atoms with Gasteiger partial charge in [0.15, 0.2) is 0 Å². The molecule has 0 radical (unpaired) electrons. The molecule has 2 saturated heterocycles. The average molecular weight is 311 g/mol. The molecular weight excluding hydrogens is 288 g/mol. The zero-order valence-corrected chi connectivity index (χ0v) is 13.1. The van der Waals surface area contributed by atoms with Gasteiger partial charge in [-0.05, 0) is 45.4 Å². The summed E-state index contributed by atoms with van der Waals surface area (Å²) in [6.45, 7) is 3.54. The van der Waals surface area contributed by atoms with Gasteiger partial charge in [-0.3, -0.25) is 14.3 Å². The molecule has 1 amide bonds. The van der Waals surface area contributed by atoms with E-state index in [1.807, 2.05) is 0 Å². The van der Waals surface area contributed by atoms with Crippen LogP contribution in [0.4, 0.5) is 8.78 Å². The van der Waals surface area contributed by atoms with E-state index >= 15 is 0 Å². The topological polar surface area (TPSA) is 28.5 Å². The van der Waals surface area contributed by atoms with Crippen LogP contribution in [-0.2, 0) is 0 Å². The van der Waals surface area contributed by atoms with E-state index in [0.717, 1.165) is 11.1 Å². The Bertz CT molecular complexity index is 552. The fourth-order valence-corrected chi connectivity index (χ4v) is 3.64. The summed E-state index contributed by atoms with van der Waals surface area (Å²) in [5, 5.41) is 0. The lowest BCUT2D eigenvalue weighted by atomic mass is 9.97. The van der Waals surface area contributed by atoms with E-state index in [4.69, 9.17) is 0 Å². The largest absolute Gasteiger partial charge is 0.334 e. The molecular formula is C16H23F2N3O. The van der Waals surface area contributed by atoms with Crippen LogP contribution in [0.3, 0.4) is 0 Å². The van der Waals surface area contributed by atoms with Gasteiger partial charge in [0.1, 0.15) is 5.69 Å². The molecule has 3 heterocycles. The fraction of sp³-hybridized carbons (Fsp3) is 0.688. The third-order valence-electron chi connectivity index (χ3n) is 5.01. The molecule has 0 saturated carbocycles. The Labute approximate surface area is 129 Å². The minimum atomic E-state index is -2.67. The van der Waals surface area contributed by atoms with Crippen LogP contribution in [0.5, 0.6) is 0 Å². The van der Waals surface area contributed by atoms with E-state index in [-0.39, 0.29) is 11.6 Å². The van der Waals surface area contributed by atoms with Crippen molar-refractivity contribution in [3.05, 3.63) is 23.5 Å². The van der Waals surface area contributed by atoms with Crippen LogP contribution in [0, 0.1) is 6.92 Å². The maximum atomic E-state index is 13.1. The van der Waals surface area contributed by atoms with Crippen LogP contribution in [-0.4, -0.2) is 52.0 Å². The molecule has 22 heavy (non-hydrogen) atoms. The molecule has 0 bridgehead atoms. The summed E-state index contributed by atoms with van der Waals surface area (Å²) < 4.78 is 27.0. The van der Waals surface area contributed by atoms with Gasteiger partial charge in [0.25, 0.3) is 5.91 Å². The summed E-state index contributed by atoms with van der Waals surface area (Å²) in [4.78, 5) is 16.6. The second-order valence-electron chi connectivity index (χ2n) is 6.45. The van der Waals surface area contributed by atoms with Gasteiger partial charge >= 0.3 is 6.55 Å². The first-order chi connectivity index (χ1) is 10.5. The number of aromatic nitrogens is 1. The standard InChI is InChI=1S/C16H23F2N3O/c1-11-5-3-4-8-20(11)13-9-19(10-13)15(22)14-7-6-12(2)21(14)16(17)18/h6-7,11,13,16H,3-5,8-10H2,1-2H3/t11-/m0/s1. The molecule has 0 aliphatic carbocycles. The SMILES string of the molecule is Cc1ccc(C(=O)N2CC(N3CCCC[C@@H]3C)C2)n1C(F)F. The van der Waals surface area contributed by atoms with Crippen molar-refractivity contribution in [2.24, 2.45) is 0 Å². The van der Waals surface area contributed by atoms with E-state index in [1.165, 1.54) is 25.3 Å². The molecule has 2 aliphatic rings. The van der Waals surface area contributed by atoms with Crippen molar-refractivity contribution < 1.29 is 13.6 Å². The Hall–Kier alpha value is -1.43. The van der Waals surface area contributed by atoms with Crippen molar-refractivity contribution in [3.8, 4) is 0 Å². The molecule has 0 unspecified atom stereocenters. The summed E-state index contributed by atoms with van der Waals surface area (Å²) >= 11 is 0. The fourth-order valence-electron chi connectivity index (χ4n) is 3.64. The second kappa shape index (κ2) is 5.99. The predicted octanol–water partition coefficient (Wildman–Crippen LogP) is 2.89. The molecule has 2 aliphatic heterocycles. The Morgan fingerprint density at radius 1 is 1.27 bits per heavy atom. The molecule has 1 atom stereocenters. The third-order valence-corrected chi connectivity index (χ3v) is 5.01. The molecule has 0 N–H and O–H groups in total. The van der Waals surface area contributed by atoms with Gasteiger partial charge < -0.3 is 4.90 Å². The summed E-state index contributed by atoms with van der Waals surface area (Å²) in [5.41, 5.74) is 0.512. The summed E-state index contributed by atoms with van der Waals surface area (Å²) in [6, 6.07) is 4.02. The molecule has 1 aromatic heterocycles. The van der Waals surface area contributed by atoms with Crippen molar-refractivity contribution in [2.45, 2.75) is 51.7 Å². The Morgan fingerprint density at radius 2 is 2.00 bits per heavy atom. The van der Waals surface area contributed by atoms with Crippen molar-refractivity contribution in [2.75, 3.05) is 19.6 Å². The number of hydrogen-bond donors (Lipinski definition) is 0. The number of likely N-dealkylation sites (tertiary alicyclic amines) is 2. The van der Waals surface area contributed by atoms with Crippen LogP contribution in [0.15, 0.2) is 12.1 Å². The number of carbonyl (C=O) groups excluding carboxylic acids is 1. The van der Waals surface area contributed by atoms with Gasteiger partial charge in [-0.15, -0.1) is 0 Å². The Balaban J connectivity index is 1.64. The number of nitrogens with zero attached hydrogens (tertiary/aromatic N) is 3. The monoisotopic (exact) mass is 311 g/mol. The molecule has 2 fully saturated rings. The van der Waals surface area contributed by atoms with Gasteiger partial charge in [0, 0.05) is 30.9 Å². The normalized spacial score (nSPS) is 23.9. The maximum absolute atomic E-state index is 13.1. The number of hydrogen-bond acceptors (Lipinski definition) is 2. The lowest BCUT2D eigenvalue weighted by Crippen LogP contribution is -2.63. The summed E-state index contributed by atoms with van der Waals surface area (Å²) in [5.74, 6) is -0.283. The van der Waals surface area contributed by atoms with Gasteiger partial charge in [0.2, 0.25) is 0 Å². The van der Waals surface area contributed by atoms with E-state index in [1.54, 1.807) is 17.9 Å². The van der Waals surface area contributed by atoms with E-state index in [2.05, 4.69) is 11.8 Å². The highest BCUT2D eigenvalue weighted by molar-refractivity contribution is 5.93. The molecule has 6 heteroatoms. The lowest BCUT2D eigenvalue weighted by molar-refractivity contribution is -0.000272. The highest BCUT2D eigenvalue weighted by atomic mass is 19.3. The third kappa shape index (κ3) is 2.64. The zero-order chi connectivity index (χ0) is 15.9. The van der Waals surface area contributed by atoms with Crippen LogP contribution in [0.1, 0.15) is 48.9 Å². The molecule has 1 aromatic rings. The molecule has 3 rings (SSSR count). The number of piperidine rings is 1. The lowest BCUT2D eigenvalue weighted by Gasteiger charge is -2.49. The number of carbonyl (C=O) groups is 1. The quantitative estimate of drug-likeness (QED) is 0.859. The van der Waals surface area contributed by atoms with Crippen LogP contribution in [0.25, 0.3) is 0 Å². The smallest absolute Gasteiger partial charge is 0.319 e. The van der Waals surface area contributed by atoms with Gasteiger partial charge in [0.05, 0.1) is 0 Å². The van der Waals surface area contributed by atoms with Crippen molar-refractivity contribution in [3.63, 3.8) is 0 Å². The van der Waals surface area contributed by atoms with E-state index < -0.39 is 6.55 Å². The van der Waals surface area contributed by atoms with Crippen LogP contribution < -0.4 is 0 Å². The number of amides is 1. The highest BCUT2D eigenvalue weighted by Crippen LogP contribution is 2.27. The van der Waals surface area contributed by atoms with Crippen molar-refractivity contribution in [1.29, 1.82) is 0 Å². The number of halogens is 2. The highest BCUT2D eigenvalue weighted by Gasteiger charge is 2.38. The van der Waals surface area contributed by atoms with Gasteiger partial charge in [-0.25, -0.2) is 0 Å². The number of aryl methyl sites for hydroxylation is 1. The Morgan fingerprint density at radius 3 is 2.64 bits per heavy atom. The number of alkyl halides is 2. The molecule has 0 aromatic carbocycles. The van der Waals surface area contributed by atoms with Crippen LogP contribution >= 0.6 is 0 Å². The first-order valence-electron chi connectivity index (χ1n) is 8.00. The second-order valence-corrected chi connectivity index (χ2v) is 6.45. The summed E-state index contributed by atoms with van der Waals surface area (Å²) in [6.07, 6.45) is 3.69. The zero-order valence-electron chi connectivity index (χ0n) is 13.1. The minimum absolute atomic E-state index is 0.0950. The maximum Gasteiger partial charge on any atom is 0.319 e. The predicted molar refractivity (Wildman–Crippen MR) is 80.1 cm³/mol. The van der Waals surface area contributed by atoms with Crippen molar-refractivity contribution >= 4 is 5.91 Å². The first kappa shape index (κ1) is 15.5. The average Bonchev–Trinajstić information content (AvgIpc) is 2.81. The first-order valence-corrected chi connectivity index (χ1v) is 8.00. The number of rotatable bonds is 3. The molecule has 4 nitrogen and oxygen atoms in total.